The monoisotopic (exact) mass is 411 g/mol. The van der Waals surface area contributed by atoms with Crippen LogP contribution in [0.4, 0.5) is 0 Å². The summed E-state index contributed by atoms with van der Waals surface area (Å²) < 4.78 is 11.2. The molecule has 0 amide bonds. The summed E-state index contributed by atoms with van der Waals surface area (Å²) in [7, 11) is 0. The van der Waals surface area contributed by atoms with Gasteiger partial charge in [0, 0.05) is 35.9 Å². The molecule has 2 N–H and O–H groups in total. The van der Waals surface area contributed by atoms with Crippen molar-refractivity contribution in [1.82, 2.24) is 5.32 Å². The van der Waals surface area contributed by atoms with Crippen molar-refractivity contribution in [2.75, 3.05) is 13.2 Å². The highest BCUT2D eigenvalue weighted by atomic mass is 16.6. The van der Waals surface area contributed by atoms with E-state index in [1.165, 1.54) is 0 Å². The molecule has 1 saturated heterocycles. The van der Waals surface area contributed by atoms with Gasteiger partial charge in [-0.05, 0) is 49.3 Å². The molecule has 4 rings (SSSR count). The van der Waals surface area contributed by atoms with Crippen LogP contribution in [0.3, 0.4) is 0 Å². The van der Waals surface area contributed by atoms with E-state index in [9.17, 15) is 14.7 Å². The average Bonchev–Trinajstić information content (AvgIpc) is 3.17. The third kappa shape index (κ3) is 4.01. The smallest absolute Gasteiger partial charge is 0.336 e. The largest absolute Gasteiger partial charge is 0.508 e. The molecule has 2 aliphatic heterocycles. The maximum Gasteiger partial charge on any atom is 0.336 e. The first-order valence-corrected chi connectivity index (χ1v) is 10.6. The molecule has 160 valence electrons. The third-order valence-corrected chi connectivity index (χ3v) is 6.09. The van der Waals surface area contributed by atoms with Crippen molar-refractivity contribution in [2.45, 2.75) is 58.5 Å². The molecule has 0 spiro atoms. The lowest BCUT2D eigenvalue weighted by molar-refractivity contribution is -0.142. The highest BCUT2D eigenvalue weighted by Gasteiger charge is 2.43. The lowest BCUT2D eigenvalue weighted by Gasteiger charge is -2.39. The van der Waals surface area contributed by atoms with Gasteiger partial charge in [0.2, 0.25) is 0 Å². The van der Waals surface area contributed by atoms with Crippen LogP contribution in [0, 0.1) is 5.41 Å². The van der Waals surface area contributed by atoms with Crippen molar-refractivity contribution in [2.24, 2.45) is 5.41 Å². The second kappa shape index (κ2) is 7.91. The number of hydrogen-bond donors (Lipinski definition) is 2. The Morgan fingerprint density at radius 3 is 2.83 bits per heavy atom. The fourth-order valence-corrected chi connectivity index (χ4v) is 4.77. The molecule has 6 nitrogen and oxygen atoms in total. The molecular weight excluding hydrogens is 382 g/mol. The minimum Gasteiger partial charge on any atom is -0.508 e. The zero-order valence-corrected chi connectivity index (χ0v) is 17.8. The van der Waals surface area contributed by atoms with E-state index in [4.69, 9.17) is 9.47 Å². The summed E-state index contributed by atoms with van der Waals surface area (Å²) in [6, 6.07) is 6.77. The number of phenolic OH excluding ortho intramolecular Hbond substituents is 1. The van der Waals surface area contributed by atoms with E-state index in [-0.39, 0.29) is 29.7 Å². The normalized spacial score (nSPS) is 25.8. The minimum atomic E-state index is -0.561. The Morgan fingerprint density at radius 1 is 1.33 bits per heavy atom. The lowest BCUT2D eigenvalue weighted by atomic mass is 9.68. The summed E-state index contributed by atoms with van der Waals surface area (Å²) in [5.74, 6) is -0.887. The van der Waals surface area contributed by atoms with Crippen molar-refractivity contribution < 1.29 is 24.2 Å². The number of nitrogens with one attached hydrogen (secondary N) is 1. The van der Waals surface area contributed by atoms with Crippen molar-refractivity contribution >= 4 is 11.8 Å². The number of rotatable bonds is 4. The summed E-state index contributed by atoms with van der Waals surface area (Å²) in [5, 5.41) is 13.4. The van der Waals surface area contributed by atoms with Crippen molar-refractivity contribution in [3.05, 3.63) is 52.4 Å². The molecule has 2 atom stereocenters. The first kappa shape index (κ1) is 20.7. The second-order valence-electron chi connectivity index (χ2n) is 9.26. The first-order chi connectivity index (χ1) is 14.2. The van der Waals surface area contributed by atoms with E-state index in [0.717, 1.165) is 25.0 Å². The molecule has 1 fully saturated rings. The number of esters is 1. The predicted molar refractivity (Wildman–Crippen MR) is 112 cm³/mol. The average molecular weight is 411 g/mol. The molecule has 0 aromatic heterocycles. The summed E-state index contributed by atoms with van der Waals surface area (Å²) in [6.45, 7) is 6.88. The van der Waals surface area contributed by atoms with Gasteiger partial charge in [-0.25, -0.2) is 4.79 Å². The van der Waals surface area contributed by atoms with Crippen LogP contribution in [-0.2, 0) is 19.1 Å². The Morgan fingerprint density at radius 2 is 2.13 bits per heavy atom. The third-order valence-electron chi connectivity index (χ3n) is 6.09. The van der Waals surface area contributed by atoms with E-state index >= 15 is 0 Å². The number of allylic oxidation sites excluding steroid dienone is 3. The Hall–Kier alpha value is -2.60. The van der Waals surface area contributed by atoms with Gasteiger partial charge in [0.25, 0.3) is 0 Å². The number of hydrogen-bond acceptors (Lipinski definition) is 6. The Kier molecular flexibility index (Phi) is 5.45. The fourth-order valence-electron chi connectivity index (χ4n) is 4.77. The second-order valence-corrected chi connectivity index (χ2v) is 9.26. The van der Waals surface area contributed by atoms with Gasteiger partial charge in [-0.2, -0.15) is 0 Å². The van der Waals surface area contributed by atoms with Crippen LogP contribution in [0.25, 0.3) is 0 Å². The first-order valence-electron chi connectivity index (χ1n) is 10.6. The number of carbonyl (C=O) groups is 2. The Bertz CT molecular complexity index is 937. The van der Waals surface area contributed by atoms with E-state index < -0.39 is 11.9 Å². The van der Waals surface area contributed by atoms with E-state index in [0.29, 0.717) is 35.4 Å². The van der Waals surface area contributed by atoms with Gasteiger partial charge in [-0.3, -0.25) is 4.79 Å². The van der Waals surface area contributed by atoms with Gasteiger partial charge in [-0.15, -0.1) is 0 Å². The summed E-state index contributed by atoms with van der Waals surface area (Å²) in [5.41, 5.74) is 3.13. The quantitative estimate of drug-likeness (QED) is 0.735. The van der Waals surface area contributed by atoms with Gasteiger partial charge < -0.3 is 19.9 Å². The molecule has 6 heteroatoms. The number of phenols is 1. The van der Waals surface area contributed by atoms with Crippen molar-refractivity contribution in [3.8, 4) is 5.75 Å². The Labute approximate surface area is 176 Å². The molecule has 0 unspecified atom stereocenters. The van der Waals surface area contributed by atoms with E-state index in [1.807, 2.05) is 13.0 Å². The van der Waals surface area contributed by atoms with Crippen molar-refractivity contribution in [1.29, 1.82) is 0 Å². The van der Waals surface area contributed by atoms with Gasteiger partial charge >= 0.3 is 5.97 Å². The summed E-state index contributed by atoms with van der Waals surface area (Å²) in [6.07, 6.45) is 2.91. The van der Waals surface area contributed by atoms with E-state index in [1.54, 1.807) is 18.2 Å². The van der Waals surface area contributed by atoms with Gasteiger partial charge in [0.15, 0.2) is 5.78 Å². The molecule has 0 radical (unpaired) electrons. The standard InChI is InChI=1S/C24H29NO5/c1-14-20(23(28)30-13-17-8-5-9-29-17)21(15-6-4-7-16(26)10-15)22-18(25-14)11-24(2,3)12-19(22)27/h4,6-7,10,17,21,25-26H,5,8-9,11-13H2,1-3H3/t17-,21-/m1/s1. The van der Waals surface area contributed by atoms with E-state index in [2.05, 4.69) is 19.2 Å². The van der Waals surface area contributed by atoms with Crippen LogP contribution in [0.2, 0.25) is 0 Å². The van der Waals surface area contributed by atoms with Gasteiger partial charge in [-0.1, -0.05) is 26.0 Å². The molecular formula is C24H29NO5. The molecule has 1 aliphatic carbocycles. The van der Waals surface area contributed by atoms with Crippen LogP contribution in [0.5, 0.6) is 5.75 Å². The zero-order valence-electron chi connectivity index (χ0n) is 17.8. The van der Waals surface area contributed by atoms with Gasteiger partial charge in [0.05, 0.1) is 11.7 Å². The van der Waals surface area contributed by atoms with Crippen LogP contribution in [-0.4, -0.2) is 36.2 Å². The van der Waals surface area contributed by atoms with Crippen LogP contribution >= 0.6 is 0 Å². The number of carbonyl (C=O) groups excluding carboxylic acids is 2. The van der Waals surface area contributed by atoms with Gasteiger partial charge in [0.1, 0.15) is 12.4 Å². The van der Waals surface area contributed by atoms with Crippen molar-refractivity contribution in [3.63, 3.8) is 0 Å². The maximum absolute atomic E-state index is 13.2. The molecule has 1 aromatic carbocycles. The number of ether oxygens (including phenoxy) is 2. The molecule has 3 aliphatic rings. The molecule has 0 saturated carbocycles. The molecule has 2 heterocycles. The Balaban J connectivity index is 1.72. The van der Waals surface area contributed by atoms with Crippen LogP contribution in [0.15, 0.2) is 46.8 Å². The topological polar surface area (TPSA) is 84.9 Å². The van der Waals surface area contributed by atoms with Crippen LogP contribution in [0.1, 0.15) is 57.9 Å². The maximum atomic E-state index is 13.2. The summed E-state index contributed by atoms with van der Waals surface area (Å²) in [4.78, 5) is 26.4. The zero-order chi connectivity index (χ0) is 21.5. The number of benzene rings is 1. The number of aromatic hydroxyl groups is 1. The lowest BCUT2D eigenvalue weighted by Crippen LogP contribution is -2.39. The van der Waals surface area contributed by atoms with Crippen LogP contribution < -0.4 is 5.32 Å². The molecule has 30 heavy (non-hydrogen) atoms. The number of dihydropyridines is 1. The predicted octanol–water partition coefficient (Wildman–Crippen LogP) is 3.72. The molecule has 0 bridgehead atoms. The SMILES string of the molecule is CC1=C(C(=O)OC[C@H]2CCCO2)[C@@H](c2cccc(O)c2)C2=C(CC(C)(C)CC2=O)N1. The minimum absolute atomic E-state index is 0.0269. The fraction of sp³-hybridized carbons (Fsp3) is 0.500. The number of Topliss-reactive ketones (excluding diaryl/α,β-unsaturated/α-hetero) is 1. The molecule has 1 aromatic rings. The summed E-state index contributed by atoms with van der Waals surface area (Å²) >= 11 is 0. The highest BCUT2D eigenvalue weighted by molar-refractivity contribution is 6.04. The highest BCUT2D eigenvalue weighted by Crippen LogP contribution is 2.47. The number of ketones is 1.